The van der Waals surface area contributed by atoms with Gasteiger partial charge in [-0.05, 0) is 27.2 Å². The predicted octanol–water partition coefficient (Wildman–Crippen LogP) is 3.04. The second kappa shape index (κ2) is 5.89. The highest BCUT2D eigenvalue weighted by Gasteiger charge is 2.18. The Kier molecular flexibility index (Phi) is 5.58. The highest BCUT2D eigenvalue weighted by Crippen LogP contribution is 2.09. The Morgan fingerprint density at radius 2 is 1.86 bits per heavy atom. The monoisotopic (exact) mass is 201 g/mol. The molecule has 1 amide bonds. The molecule has 0 spiro atoms. The summed E-state index contributed by atoms with van der Waals surface area (Å²) in [5.41, 5.74) is -0.393. The number of carbonyl (C=O) groups is 1. The van der Waals surface area contributed by atoms with Gasteiger partial charge in [-0.2, -0.15) is 0 Å². The van der Waals surface area contributed by atoms with E-state index in [4.69, 9.17) is 4.74 Å². The first kappa shape index (κ1) is 13.3. The molecule has 0 saturated carbocycles. The van der Waals surface area contributed by atoms with Gasteiger partial charge in [-0.1, -0.05) is 19.8 Å². The van der Waals surface area contributed by atoms with Crippen molar-refractivity contribution in [2.75, 3.05) is 13.6 Å². The number of ether oxygens (including phenoxy) is 1. The van der Waals surface area contributed by atoms with Gasteiger partial charge in [0.1, 0.15) is 5.60 Å². The Balaban J connectivity index is 3.77. The predicted molar refractivity (Wildman–Crippen MR) is 58.4 cm³/mol. The first-order chi connectivity index (χ1) is 6.37. The SMILES string of the molecule is CCCCCN(C)C(=O)OC(C)(C)C. The smallest absolute Gasteiger partial charge is 0.410 e. The maximum atomic E-state index is 11.5. The van der Waals surface area contributed by atoms with Crippen molar-refractivity contribution in [3.8, 4) is 0 Å². The first-order valence-electron chi connectivity index (χ1n) is 5.31. The standard InChI is InChI=1S/C11H23NO2/c1-6-7-8-9-12(5)10(13)14-11(2,3)4/h6-9H2,1-5H3. The molecule has 84 valence electrons. The van der Waals surface area contributed by atoms with Crippen LogP contribution in [0.25, 0.3) is 0 Å². The van der Waals surface area contributed by atoms with E-state index in [-0.39, 0.29) is 6.09 Å². The van der Waals surface area contributed by atoms with E-state index in [0.717, 1.165) is 19.4 Å². The van der Waals surface area contributed by atoms with E-state index in [1.807, 2.05) is 20.8 Å². The molecule has 0 atom stereocenters. The molecule has 0 bridgehead atoms. The molecule has 0 unspecified atom stereocenters. The van der Waals surface area contributed by atoms with Crippen molar-refractivity contribution in [1.82, 2.24) is 4.90 Å². The van der Waals surface area contributed by atoms with Gasteiger partial charge in [0.05, 0.1) is 0 Å². The quantitative estimate of drug-likeness (QED) is 0.654. The fourth-order valence-electron chi connectivity index (χ4n) is 1.03. The zero-order chi connectivity index (χ0) is 11.2. The minimum absolute atomic E-state index is 0.228. The van der Waals surface area contributed by atoms with Crippen LogP contribution >= 0.6 is 0 Å². The third-order valence-corrected chi connectivity index (χ3v) is 1.80. The fourth-order valence-corrected chi connectivity index (χ4v) is 1.03. The Morgan fingerprint density at radius 1 is 1.29 bits per heavy atom. The molecule has 0 aromatic carbocycles. The van der Waals surface area contributed by atoms with Gasteiger partial charge in [0.2, 0.25) is 0 Å². The van der Waals surface area contributed by atoms with Gasteiger partial charge in [-0.3, -0.25) is 0 Å². The zero-order valence-electron chi connectivity index (χ0n) is 10.1. The topological polar surface area (TPSA) is 29.5 Å². The normalized spacial score (nSPS) is 11.2. The Morgan fingerprint density at radius 3 is 2.29 bits per heavy atom. The van der Waals surface area contributed by atoms with Crippen LogP contribution in [0.4, 0.5) is 4.79 Å². The summed E-state index contributed by atoms with van der Waals surface area (Å²) < 4.78 is 5.22. The molecule has 0 rings (SSSR count). The Bertz CT molecular complexity index is 173. The van der Waals surface area contributed by atoms with Gasteiger partial charge in [0.25, 0.3) is 0 Å². The van der Waals surface area contributed by atoms with E-state index >= 15 is 0 Å². The maximum absolute atomic E-state index is 11.5. The van der Waals surface area contributed by atoms with Gasteiger partial charge in [-0.15, -0.1) is 0 Å². The minimum atomic E-state index is -0.393. The van der Waals surface area contributed by atoms with Crippen LogP contribution in [-0.4, -0.2) is 30.2 Å². The molecule has 0 radical (unpaired) electrons. The molecule has 0 aromatic rings. The first-order valence-corrected chi connectivity index (χ1v) is 5.31. The summed E-state index contributed by atoms with van der Waals surface area (Å²) >= 11 is 0. The van der Waals surface area contributed by atoms with Crippen molar-refractivity contribution in [1.29, 1.82) is 0 Å². The van der Waals surface area contributed by atoms with E-state index in [2.05, 4.69) is 6.92 Å². The van der Waals surface area contributed by atoms with Crippen molar-refractivity contribution in [3.05, 3.63) is 0 Å². The molecule has 0 saturated heterocycles. The molecular formula is C11H23NO2. The van der Waals surface area contributed by atoms with Crippen LogP contribution in [0.15, 0.2) is 0 Å². The van der Waals surface area contributed by atoms with E-state index in [1.165, 1.54) is 6.42 Å². The lowest BCUT2D eigenvalue weighted by molar-refractivity contribution is 0.0296. The summed E-state index contributed by atoms with van der Waals surface area (Å²) in [7, 11) is 1.78. The molecule has 14 heavy (non-hydrogen) atoms. The Hall–Kier alpha value is -0.730. The van der Waals surface area contributed by atoms with Crippen LogP contribution in [0.5, 0.6) is 0 Å². The summed E-state index contributed by atoms with van der Waals surface area (Å²) in [6, 6.07) is 0. The molecule has 0 heterocycles. The van der Waals surface area contributed by atoms with Gasteiger partial charge >= 0.3 is 6.09 Å². The number of carbonyl (C=O) groups excluding carboxylic acids is 1. The van der Waals surface area contributed by atoms with E-state index in [9.17, 15) is 4.79 Å². The molecule has 0 aromatic heterocycles. The molecule has 0 aliphatic heterocycles. The summed E-state index contributed by atoms with van der Waals surface area (Å²) in [5.74, 6) is 0. The number of nitrogens with zero attached hydrogens (tertiary/aromatic N) is 1. The maximum Gasteiger partial charge on any atom is 0.410 e. The zero-order valence-corrected chi connectivity index (χ0v) is 10.1. The number of hydrogen-bond donors (Lipinski definition) is 0. The molecule has 0 aliphatic carbocycles. The molecule has 0 N–H and O–H groups in total. The van der Waals surface area contributed by atoms with Crippen molar-refractivity contribution >= 4 is 6.09 Å². The van der Waals surface area contributed by atoms with E-state index in [1.54, 1.807) is 11.9 Å². The van der Waals surface area contributed by atoms with Crippen LogP contribution in [0.2, 0.25) is 0 Å². The number of unbranched alkanes of at least 4 members (excludes halogenated alkanes) is 2. The van der Waals surface area contributed by atoms with E-state index in [0.29, 0.717) is 0 Å². The summed E-state index contributed by atoms with van der Waals surface area (Å²) in [4.78, 5) is 13.1. The molecule has 3 nitrogen and oxygen atoms in total. The highest BCUT2D eigenvalue weighted by molar-refractivity contribution is 5.67. The van der Waals surface area contributed by atoms with Gasteiger partial charge in [0.15, 0.2) is 0 Å². The molecule has 0 fully saturated rings. The van der Waals surface area contributed by atoms with Gasteiger partial charge in [-0.25, -0.2) is 4.79 Å². The third-order valence-electron chi connectivity index (χ3n) is 1.80. The van der Waals surface area contributed by atoms with Crippen molar-refractivity contribution in [3.63, 3.8) is 0 Å². The lowest BCUT2D eigenvalue weighted by atomic mass is 10.2. The van der Waals surface area contributed by atoms with Crippen molar-refractivity contribution < 1.29 is 9.53 Å². The largest absolute Gasteiger partial charge is 0.444 e. The van der Waals surface area contributed by atoms with E-state index < -0.39 is 5.60 Å². The van der Waals surface area contributed by atoms with Crippen LogP contribution in [0, 0.1) is 0 Å². The fraction of sp³-hybridized carbons (Fsp3) is 0.909. The molecular weight excluding hydrogens is 178 g/mol. The van der Waals surface area contributed by atoms with Crippen molar-refractivity contribution in [2.45, 2.75) is 52.6 Å². The van der Waals surface area contributed by atoms with Gasteiger partial charge in [0, 0.05) is 13.6 Å². The molecule has 0 aliphatic rings. The summed E-state index contributed by atoms with van der Waals surface area (Å²) in [6.07, 6.45) is 3.15. The lowest BCUT2D eigenvalue weighted by Gasteiger charge is -2.24. The average molecular weight is 201 g/mol. The van der Waals surface area contributed by atoms with Gasteiger partial charge < -0.3 is 9.64 Å². The highest BCUT2D eigenvalue weighted by atomic mass is 16.6. The second-order valence-corrected chi connectivity index (χ2v) is 4.61. The lowest BCUT2D eigenvalue weighted by Crippen LogP contribution is -2.34. The number of rotatable bonds is 4. The third kappa shape index (κ3) is 6.75. The van der Waals surface area contributed by atoms with Crippen LogP contribution in [0.3, 0.4) is 0 Å². The van der Waals surface area contributed by atoms with Crippen molar-refractivity contribution in [2.24, 2.45) is 0 Å². The summed E-state index contributed by atoms with van der Waals surface area (Å²) in [5, 5.41) is 0. The van der Waals surface area contributed by atoms with Crippen LogP contribution in [-0.2, 0) is 4.74 Å². The summed E-state index contributed by atoms with van der Waals surface area (Å²) in [6.45, 7) is 8.57. The van der Waals surface area contributed by atoms with Crippen LogP contribution < -0.4 is 0 Å². The number of amides is 1. The molecule has 3 heteroatoms. The second-order valence-electron chi connectivity index (χ2n) is 4.61. The Labute approximate surface area is 87.4 Å². The average Bonchev–Trinajstić information content (AvgIpc) is 2.01. The minimum Gasteiger partial charge on any atom is -0.444 e. The van der Waals surface area contributed by atoms with Crippen LogP contribution in [0.1, 0.15) is 47.0 Å². The number of hydrogen-bond acceptors (Lipinski definition) is 2.